The van der Waals surface area contributed by atoms with Crippen LogP contribution in [0, 0.1) is 0 Å². The number of amides is 1. The second-order valence-electron chi connectivity index (χ2n) is 5.16. The van der Waals surface area contributed by atoms with Gasteiger partial charge in [0.1, 0.15) is 10.7 Å². The van der Waals surface area contributed by atoms with E-state index < -0.39 is 0 Å². The third kappa shape index (κ3) is 3.88. The van der Waals surface area contributed by atoms with Crippen molar-refractivity contribution >= 4 is 50.6 Å². The number of H-pyrrole nitrogens is 1. The first-order valence-electron chi connectivity index (χ1n) is 7.57. The van der Waals surface area contributed by atoms with Crippen molar-refractivity contribution in [2.75, 3.05) is 12.3 Å². The van der Waals surface area contributed by atoms with Crippen LogP contribution in [0.1, 0.15) is 19.2 Å². The number of aromatic nitrogens is 2. The first kappa shape index (κ1) is 17.2. The molecule has 0 bridgehead atoms. The van der Waals surface area contributed by atoms with E-state index in [1.165, 1.54) is 23.1 Å². The lowest BCUT2D eigenvalue weighted by Gasteiger charge is -2.03. The Kier molecular flexibility index (Phi) is 5.70. The highest BCUT2D eigenvalue weighted by atomic mass is 32.2. The second kappa shape index (κ2) is 7.96. The molecule has 0 fully saturated rings. The van der Waals surface area contributed by atoms with Crippen molar-refractivity contribution in [2.45, 2.75) is 19.1 Å². The fraction of sp³-hybridized carbons (Fsp3) is 0.312. The Balaban J connectivity index is 1.73. The Hall–Kier alpha value is -1.64. The van der Waals surface area contributed by atoms with Gasteiger partial charge < -0.3 is 10.3 Å². The molecule has 126 valence electrons. The average molecular weight is 380 g/mol. The van der Waals surface area contributed by atoms with Gasteiger partial charge in [-0.05, 0) is 17.9 Å². The molecule has 0 saturated heterocycles. The molecule has 3 aromatic heterocycles. The molecular weight excluding hydrogens is 362 g/mol. The Morgan fingerprint density at radius 1 is 1.42 bits per heavy atom. The summed E-state index contributed by atoms with van der Waals surface area (Å²) < 4.78 is 0. The number of nitrogens with one attached hydrogen (secondary N) is 2. The molecule has 3 heterocycles. The van der Waals surface area contributed by atoms with Crippen molar-refractivity contribution in [3.05, 3.63) is 39.1 Å². The minimum Gasteiger partial charge on any atom is -0.355 e. The van der Waals surface area contributed by atoms with Crippen molar-refractivity contribution in [3.8, 4) is 10.4 Å². The van der Waals surface area contributed by atoms with Crippen LogP contribution in [0.4, 0.5) is 0 Å². The van der Waals surface area contributed by atoms with Crippen molar-refractivity contribution < 1.29 is 4.79 Å². The summed E-state index contributed by atoms with van der Waals surface area (Å²) in [5.74, 6) is 1.51. The Morgan fingerprint density at radius 3 is 3.04 bits per heavy atom. The van der Waals surface area contributed by atoms with Gasteiger partial charge in [0.25, 0.3) is 5.56 Å². The van der Waals surface area contributed by atoms with Gasteiger partial charge in [0.05, 0.1) is 16.9 Å². The number of hydrogen-bond donors (Lipinski definition) is 2. The van der Waals surface area contributed by atoms with E-state index in [0.717, 1.165) is 21.7 Å². The van der Waals surface area contributed by atoms with Crippen LogP contribution in [0.5, 0.6) is 0 Å². The molecule has 1 amide bonds. The van der Waals surface area contributed by atoms with Gasteiger partial charge in [0.2, 0.25) is 5.91 Å². The van der Waals surface area contributed by atoms with Crippen molar-refractivity contribution in [1.82, 2.24) is 15.3 Å². The maximum atomic E-state index is 12.4. The third-order valence-electron chi connectivity index (χ3n) is 3.32. The second-order valence-corrected chi connectivity index (χ2v) is 7.95. The number of fused-ring (bicyclic) bond motifs is 1. The molecule has 5 nitrogen and oxygen atoms in total. The highest BCUT2D eigenvalue weighted by Gasteiger charge is 2.13. The molecule has 0 aliphatic heterocycles. The van der Waals surface area contributed by atoms with E-state index in [2.05, 4.69) is 15.3 Å². The predicted octanol–water partition coefficient (Wildman–Crippen LogP) is 3.47. The smallest absolute Gasteiger partial charge is 0.260 e. The highest BCUT2D eigenvalue weighted by Crippen LogP contribution is 2.33. The number of carbonyl (C=O) groups is 1. The lowest BCUT2D eigenvalue weighted by Crippen LogP contribution is -2.25. The lowest BCUT2D eigenvalue weighted by molar-refractivity contribution is -0.118. The molecule has 2 N–H and O–H groups in total. The molecule has 0 aliphatic carbocycles. The number of aromatic amines is 1. The van der Waals surface area contributed by atoms with Crippen LogP contribution in [0.3, 0.4) is 0 Å². The number of rotatable bonds is 7. The summed E-state index contributed by atoms with van der Waals surface area (Å²) in [4.78, 5) is 33.2. The molecule has 0 aromatic carbocycles. The summed E-state index contributed by atoms with van der Waals surface area (Å²) in [5, 5.41) is 7.45. The first-order valence-corrected chi connectivity index (χ1v) is 10.5. The molecule has 0 saturated carbocycles. The summed E-state index contributed by atoms with van der Waals surface area (Å²) in [6.07, 6.45) is 0.924. The van der Waals surface area contributed by atoms with Gasteiger partial charge in [0, 0.05) is 22.4 Å². The molecule has 0 atom stereocenters. The van der Waals surface area contributed by atoms with E-state index in [1.54, 1.807) is 11.3 Å². The maximum absolute atomic E-state index is 12.4. The average Bonchev–Trinajstić information content (AvgIpc) is 3.21. The number of thioether (sulfide) groups is 1. The van der Waals surface area contributed by atoms with E-state index in [0.29, 0.717) is 29.3 Å². The van der Waals surface area contributed by atoms with Gasteiger partial charge in [-0.3, -0.25) is 9.59 Å². The lowest BCUT2D eigenvalue weighted by atomic mass is 10.2. The Bertz CT molecular complexity index is 884. The Morgan fingerprint density at radius 2 is 2.29 bits per heavy atom. The zero-order valence-corrected chi connectivity index (χ0v) is 15.6. The van der Waals surface area contributed by atoms with Gasteiger partial charge in [-0.15, -0.1) is 34.4 Å². The quantitative estimate of drug-likeness (QED) is 0.659. The molecular formula is C16H17N3O2S3. The topological polar surface area (TPSA) is 74.8 Å². The molecule has 24 heavy (non-hydrogen) atoms. The highest BCUT2D eigenvalue weighted by molar-refractivity contribution is 7.99. The summed E-state index contributed by atoms with van der Waals surface area (Å²) in [6, 6.07) is 3.98. The van der Waals surface area contributed by atoms with Crippen LogP contribution < -0.4 is 10.9 Å². The number of carbonyl (C=O) groups excluding carboxylic acids is 1. The molecule has 3 rings (SSSR count). The van der Waals surface area contributed by atoms with Gasteiger partial charge in [-0.1, -0.05) is 13.0 Å². The van der Waals surface area contributed by atoms with E-state index in [4.69, 9.17) is 0 Å². The molecule has 3 aromatic rings. The minimum absolute atomic E-state index is 0.0152. The third-order valence-corrected chi connectivity index (χ3v) is 6.04. The van der Waals surface area contributed by atoms with Gasteiger partial charge in [-0.2, -0.15) is 0 Å². The van der Waals surface area contributed by atoms with E-state index in [1.807, 2.05) is 29.8 Å². The molecule has 8 heteroatoms. The predicted molar refractivity (Wildman–Crippen MR) is 103 cm³/mol. The molecule has 0 spiro atoms. The minimum atomic E-state index is -0.115. The van der Waals surface area contributed by atoms with Crippen LogP contribution in [-0.2, 0) is 10.5 Å². The fourth-order valence-corrected chi connectivity index (χ4v) is 4.73. The molecule has 0 unspecified atom stereocenters. The van der Waals surface area contributed by atoms with Crippen LogP contribution in [-0.4, -0.2) is 28.2 Å². The fourth-order valence-electron chi connectivity index (χ4n) is 2.23. The molecule has 0 aliphatic rings. The zero-order chi connectivity index (χ0) is 16.9. The van der Waals surface area contributed by atoms with Crippen LogP contribution >= 0.6 is 34.4 Å². The standard InChI is InChI=1S/C16H17N3O2S3/c1-2-5-17-13(20)9-22-8-12-18-15(21)14-10(7-24-16(14)19-12)11-4-3-6-23-11/h3-4,6-7H,2,5,8-9H2,1H3,(H,17,20)(H,18,19,21). The van der Waals surface area contributed by atoms with Crippen LogP contribution in [0.2, 0.25) is 0 Å². The SMILES string of the molecule is CCCNC(=O)CSCc1nc2scc(-c3cccs3)c2c(=O)[nH]1. The van der Waals surface area contributed by atoms with Gasteiger partial charge in [-0.25, -0.2) is 4.98 Å². The first-order chi connectivity index (χ1) is 11.7. The van der Waals surface area contributed by atoms with Crippen molar-refractivity contribution in [2.24, 2.45) is 0 Å². The normalized spacial score (nSPS) is 11.0. The van der Waals surface area contributed by atoms with Gasteiger partial charge >= 0.3 is 0 Å². The van der Waals surface area contributed by atoms with Crippen molar-refractivity contribution in [1.29, 1.82) is 0 Å². The van der Waals surface area contributed by atoms with E-state index in [9.17, 15) is 9.59 Å². The van der Waals surface area contributed by atoms with Crippen LogP contribution in [0.15, 0.2) is 27.7 Å². The summed E-state index contributed by atoms with van der Waals surface area (Å²) in [7, 11) is 0. The number of nitrogens with zero attached hydrogens (tertiary/aromatic N) is 1. The van der Waals surface area contributed by atoms with Gasteiger partial charge in [0.15, 0.2) is 0 Å². The Labute approximate surface area is 151 Å². The maximum Gasteiger partial charge on any atom is 0.260 e. The molecule has 0 radical (unpaired) electrons. The van der Waals surface area contributed by atoms with E-state index >= 15 is 0 Å². The van der Waals surface area contributed by atoms with Crippen LogP contribution in [0.25, 0.3) is 20.7 Å². The summed E-state index contributed by atoms with van der Waals surface area (Å²) >= 11 is 4.54. The largest absolute Gasteiger partial charge is 0.355 e. The number of hydrogen-bond acceptors (Lipinski definition) is 6. The zero-order valence-electron chi connectivity index (χ0n) is 13.1. The summed E-state index contributed by atoms with van der Waals surface area (Å²) in [6.45, 7) is 2.71. The number of thiophene rings is 2. The van der Waals surface area contributed by atoms with Crippen molar-refractivity contribution in [3.63, 3.8) is 0 Å². The van der Waals surface area contributed by atoms with E-state index in [-0.39, 0.29) is 11.5 Å². The summed E-state index contributed by atoms with van der Waals surface area (Å²) in [5.41, 5.74) is 0.826. The monoisotopic (exact) mass is 379 g/mol.